The molecule has 2 aliphatic heterocycles. The molecule has 3 aliphatic rings. The van der Waals surface area contributed by atoms with Gasteiger partial charge in [-0.05, 0) is 25.7 Å². The second kappa shape index (κ2) is 5.50. The molecule has 2 heterocycles. The molecule has 23 heavy (non-hydrogen) atoms. The normalized spacial score (nSPS) is 34.8. The molecule has 2 fully saturated rings. The molecule has 0 aromatic carbocycles. The van der Waals surface area contributed by atoms with Gasteiger partial charge in [-0.25, -0.2) is 4.79 Å². The van der Waals surface area contributed by atoms with Crippen molar-refractivity contribution in [1.82, 2.24) is 4.90 Å². The van der Waals surface area contributed by atoms with Crippen molar-refractivity contribution in [3.63, 3.8) is 0 Å². The molecule has 0 aromatic heterocycles. The van der Waals surface area contributed by atoms with E-state index in [2.05, 4.69) is 21.1 Å². The predicted octanol–water partition coefficient (Wildman–Crippen LogP) is 0.927. The van der Waals surface area contributed by atoms with Gasteiger partial charge >= 0.3 is 5.97 Å². The van der Waals surface area contributed by atoms with Gasteiger partial charge in [-0.15, -0.1) is 11.8 Å². The summed E-state index contributed by atoms with van der Waals surface area (Å²) in [4.78, 5) is 26.1. The van der Waals surface area contributed by atoms with Gasteiger partial charge in [0.1, 0.15) is 11.1 Å². The standard InChI is InChI=1S/C16H24N2O4S/c1-8(19)11-14(20)17-12(16(21)22)13(23-15(11)17)10-5-9(6-10)7-18(2,3)4/h8-11,15,19H,5-7H2,1-4H3/p+1/t8-,9?,10?,11+,15-/m1/s1. The Morgan fingerprint density at radius 2 is 2.00 bits per heavy atom. The smallest absolute Gasteiger partial charge is 0.353 e. The summed E-state index contributed by atoms with van der Waals surface area (Å²) in [6.07, 6.45) is 1.24. The van der Waals surface area contributed by atoms with Crippen molar-refractivity contribution in [3.8, 4) is 0 Å². The lowest BCUT2D eigenvalue weighted by molar-refractivity contribution is -0.874. The first-order chi connectivity index (χ1) is 10.6. The number of aliphatic hydroxyl groups excluding tert-OH is 1. The number of thioether (sulfide) groups is 1. The van der Waals surface area contributed by atoms with Crippen LogP contribution in [0.4, 0.5) is 0 Å². The number of carbonyl (C=O) groups is 2. The minimum Gasteiger partial charge on any atom is -0.477 e. The highest BCUT2D eigenvalue weighted by Gasteiger charge is 2.59. The molecule has 0 bridgehead atoms. The largest absolute Gasteiger partial charge is 0.477 e. The van der Waals surface area contributed by atoms with Crippen LogP contribution in [0.5, 0.6) is 0 Å². The minimum atomic E-state index is -1.03. The molecule has 128 valence electrons. The van der Waals surface area contributed by atoms with Crippen molar-refractivity contribution >= 4 is 23.6 Å². The quantitative estimate of drug-likeness (QED) is 0.574. The Hall–Kier alpha value is -1.05. The van der Waals surface area contributed by atoms with Crippen LogP contribution >= 0.6 is 11.8 Å². The van der Waals surface area contributed by atoms with Crippen LogP contribution in [0, 0.1) is 17.8 Å². The fourth-order valence-electron chi connectivity index (χ4n) is 3.97. The maximum absolute atomic E-state index is 12.2. The third kappa shape index (κ3) is 2.79. The number of allylic oxidation sites excluding steroid dienone is 1. The molecule has 1 saturated carbocycles. The average Bonchev–Trinajstić information content (AvgIpc) is 2.66. The van der Waals surface area contributed by atoms with Gasteiger partial charge in [0.15, 0.2) is 0 Å². The molecule has 0 spiro atoms. The van der Waals surface area contributed by atoms with Crippen molar-refractivity contribution in [2.24, 2.45) is 17.8 Å². The summed E-state index contributed by atoms with van der Waals surface area (Å²) in [5, 5.41) is 19.1. The number of hydrogen-bond donors (Lipinski definition) is 2. The van der Waals surface area contributed by atoms with Crippen molar-refractivity contribution in [2.45, 2.75) is 31.2 Å². The summed E-state index contributed by atoms with van der Waals surface area (Å²) in [5.74, 6) is -0.904. The number of carboxylic acids is 1. The van der Waals surface area contributed by atoms with E-state index in [1.807, 2.05) is 0 Å². The highest BCUT2D eigenvalue weighted by molar-refractivity contribution is 8.04. The van der Waals surface area contributed by atoms with Crippen LogP contribution in [-0.2, 0) is 9.59 Å². The molecule has 0 radical (unpaired) electrons. The number of carboxylic acid groups (broad SMARTS) is 1. The van der Waals surface area contributed by atoms with E-state index in [1.165, 1.54) is 16.7 Å². The lowest BCUT2D eigenvalue weighted by Gasteiger charge is -2.43. The molecule has 1 aliphatic carbocycles. The highest BCUT2D eigenvalue weighted by atomic mass is 32.2. The van der Waals surface area contributed by atoms with E-state index in [1.54, 1.807) is 6.92 Å². The lowest BCUT2D eigenvalue weighted by Crippen LogP contribution is -2.60. The molecule has 3 rings (SSSR count). The van der Waals surface area contributed by atoms with Gasteiger partial charge in [-0.2, -0.15) is 0 Å². The number of carbonyl (C=O) groups excluding carboxylic acids is 1. The predicted molar refractivity (Wildman–Crippen MR) is 87.2 cm³/mol. The van der Waals surface area contributed by atoms with Gasteiger partial charge in [0.05, 0.1) is 39.7 Å². The first kappa shape index (κ1) is 16.8. The van der Waals surface area contributed by atoms with Crippen LogP contribution in [0.2, 0.25) is 0 Å². The third-order valence-electron chi connectivity index (χ3n) is 4.94. The molecular formula is C16H25N2O4S+. The Kier molecular flexibility index (Phi) is 4.01. The Bertz CT molecular complexity index is 575. The fraction of sp³-hybridized carbons (Fsp3) is 0.750. The Morgan fingerprint density at radius 1 is 1.39 bits per heavy atom. The van der Waals surface area contributed by atoms with Crippen molar-refractivity contribution in [2.75, 3.05) is 27.7 Å². The average molecular weight is 341 g/mol. The number of hydrogen-bond acceptors (Lipinski definition) is 4. The lowest BCUT2D eigenvalue weighted by atomic mass is 9.73. The first-order valence-electron chi connectivity index (χ1n) is 8.06. The van der Waals surface area contributed by atoms with Gasteiger partial charge in [0.2, 0.25) is 5.91 Å². The maximum atomic E-state index is 12.2. The third-order valence-corrected chi connectivity index (χ3v) is 6.47. The van der Waals surface area contributed by atoms with Crippen molar-refractivity contribution < 1.29 is 24.3 Å². The molecule has 2 N–H and O–H groups in total. The van der Waals surface area contributed by atoms with Gasteiger partial charge in [0, 0.05) is 10.8 Å². The molecular weight excluding hydrogens is 316 g/mol. The van der Waals surface area contributed by atoms with E-state index in [-0.39, 0.29) is 22.9 Å². The number of nitrogens with zero attached hydrogens (tertiary/aromatic N) is 2. The molecule has 0 unspecified atom stereocenters. The van der Waals surface area contributed by atoms with Crippen LogP contribution in [0.25, 0.3) is 0 Å². The number of fused-ring (bicyclic) bond motifs is 1. The summed E-state index contributed by atoms with van der Waals surface area (Å²) in [6, 6.07) is 0. The SMILES string of the molecule is C[C@@H](O)[C@H]1C(=O)N2C(C(=O)O)=C(C3CC(C[N+](C)(C)C)C3)S[C@H]12. The number of rotatable bonds is 5. The van der Waals surface area contributed by atoms with E-state index in [0.717, 1.165) is 28.8 Å². The molecule has 6 nitrogen and oxygen atoms in total. The van der Waals surface area contributed by atoms with Crippen LogP contribution in [-0.4, -0.2) is 70.6 Å². The number of aliphatic hydroxyl groups is 1. The van der Waals surface area contributed by atoms with Crippen LogP contribution < -0.4 is 0 Å². The van der Waals surface area contributed by atoms with Crippen LogP contribution in [0.1, 0.15) is 19.8 Å². The molecule has 7 heteroatoms. The molecule has 0 aromatic rings. The summed E-state index contributed by atoms with van der Waals surface area (Å²) >= 11 is 1.48. The number of quaternary nitrogens is 1. The minimum absolute atomic E-state index is 0.163. The Labute approximate surface area is 140 Å². The highest BCUT2D eigenvalue weighted by Crippen LogP contribution is 2.56. The van der Waals surface area contributed by atoms with Gasteiger partial charge in [-0.3, -0.25) is 9.69 Å². The Balaban J connectivity index is 1.73. The van der Waals surface area contributed by atoms with E-state index < -0.39 is 18.0 Å². The summed E-state index contributed by atoms with van der Waals surface area (Å²) in [5.41, 5.74) is 0.163. The van der Waals surface area contributed by atoms with Gasteiger partial charge in [0.25, 0.3) is 0 Å². The zero-order chi connectivity index (χ0) is 17.1. The summed E-state index contributed by atoms with van der Waals surface area (Å²) in [7, 11) is 6.49. The number of amides is 1. The number of aliphatic carboxylic acids is 1. The Morgan fingerprint density at radius 3 is 2.48 bits per heavy atom. The van der Waals surface area contributed by atoms with Crippen LogP contribution in [0.15, 0.2) is 10.6 Å². The molecule has 3 atom stereocenters. The van der Waals surface area contributed by atoms with Crippen molar-refractivity contribution in [3.05, 3.63) is 10.6 Å². The van der Waals surface area contributed by atoms with Crippen LogP contribution in [0.3, 0.4) is 0 Å². The van der Waals surface area contributed by atoms with Gasteiger partial charge < -0.3 is 14.7 Å². The topological polar surface area (TPSA) is 77.8 Å². The van der Waals surface area contributed by atoms with E-state index in [0.29, 0.717) is 5.92 Å². The zero-order valence-electron chi connectivity index (χ0n) is 14.0. The van der Waals surface area contributed by atoms with E-state index in [9.17, 15) is 19.8 Å². The van der Waals surface area contributed by atoms with Gasteiger partial charge in [-0.1, -0.05) is 0 Å². The van der Waals surface area contributed by atoms with Crippen molar-refractivity contribution in [1.29, 1.82) is 0 Å². The van der Waals surface area contributed by atoms with E-state index >= 15 is 0 Å². The second-order valence-electron chi connectivity index (χ2n) is 8.01. The monoisotopic (exact) mass is 341 g/mol. The van der Waals surface area contributed by atoms with E-state index in [4.69, 9.17) is 0 Å². The molecule has 1 amide bonds. The fourth-order valence-corrected chi connectivity index (χ4v) is 5.72. The number of β-lactam (4-membered cyclic amide) rings is 1. The summed E-state index contributed by atoms with van der Waals surface area (Å²) in [6.45, 7) is 2.68. The first-order valence-corrected chi connectivity index (χ1v) is 8.94. The maximum Gasteiger partial charge on any atom is 0.353 e. The zero-order valence-corrected chi connectivity index (χ0v) is 14.8. The second-order valence-corrected chi connectivity index (χ2v) is 9.17. The summed E-state index contributed by atoms with van der Waals surface area (Å²) < 4.78 is 0.909. The molecule has 1 saturated heterocycles.